The van der Waals surface area contributed by atoms with E-state index in [-0.39, 0.29) is 0 Å². The van der Waals surface area contributed by atoms with Crippen molar-refractivity contribution in [3.05, 3.63) is 65.2 Å². The third kappa shape index (κ3) is 3.59. The number of fused-ring (bicyclic) bond motifs is 1. The first-order chi connectivity index (χ1) is 13.0. The summed E-state index contributed by atoms with van der Waals surface area (Å²) in [6.07, 6.45) is 0. The molecule has 7 heteroatoms. The van der Waals surface area contributed by atoms with E-state index in [0.29, 0.717) is 16.8 Å². The van der Waals surface area contributed by atoms with Crippen molar-refractivity contribution in [1.82, 2.24) is 24.3 Å². The van der Waals surface area contributed by atoms with Crippen LogP contribution in [0.5, 0.6) is 0 Å². The predicted molar refractivity (Wildman–Crippen MR) is 111 cm³/mol. The maximum absolute atomic E-state index is 6.08. The number of rotatable bonds is 5. The Bertz CT molecular complexity index is 1080. The molecular formula is C20H20ClN5S. The topological polar surface area (TPSA) is 48.5 Å². The van der Waals surface area contributed by atoms with Crippen molar-refractivity contribution < 1.29 is 0 Å². The van der Waals surface area contributed by atoms with Crippen LogP contribution in [-0.4, -0.2) is 29.6 Å². The summed E-state index contributed by atoms with van der Waals surface area (Å²) in [4.78, 5) is 4.66. The summed E-state index contributed by atoms with van der Waals surface area (Å²) < 4.78 is 4.28. The number of benzene rings is 2. The Hall–Kier alpha value is -2.31. The van der Waals surface area contributed by atoms with E-state index in [1.165, 1.54) is 0 Å². The molecule has 0 aliphatic rings. The zero-order valence-corrected chi connectivity index (χ0v) is 17.0. The fourth-order valence-electron chi connectivity index (χ4n) is 3.08. The molecule has 0 unspecified atom stereocenters. The van der Waals surface area contributed by atoms with Crippen molar-refractivity contribution in [2.24, 2.45) is 0 Å². The number of hydrogen-bond acceptors (Lipinski definition) is 4. The SMILES string of the molecule is Cc1nc2ccccc2n1Cc1nnc(SC(C)C)n1-c1ccc(Cl)cc1. The molecule has 4 rings (SSSR count). The molecule has 0 spiro atoms. The highest BCUT2D eigenvalue weighted by Gasteiger charge is 2.18. The Balaban J connectivity index is 1.81. The van der Waals surface area contributed by atoms with E-state index in [4.69, 9.17) is 11.6 Å². The summed E-state index contributed by atoms with van der Waals surface area (Å²) in [5, 5.41) is 11.0. The zero-order chi connectivity index (χ0) is 19.0. The van der Waals surface area contributed by atoms with Crippen LogP contribution < -0.4 is 0 Å². The third-order valence-corrected chi connectivity index (χ3v) is 5.47. The highest BCUT2D eigenvalue weighted by molar-refractivity contribution is 7.99. The van der Waals surface area contributed by atoms with Crippen LogP contribution in [0.25, 0.3) is 16.7 Å². The lowest BCUT2D eigenvalue weighted by Crippen LogP contribution is -2.10. The van der Waals surface area contributed by atoms with Crippen LogP contribution in [0.1, 0.15) is 25.5 Å². The fourth-order valence-corrected chi connectivity index (χ4v) is 4.03. The van der Waals surface area contributed by atoms with Crippen molar-refractivity contribution in [2.75, 3.05) is 0 Å². The van der Waals surface area contributed by atoms with Gasteiger partial charge in [-0.3, -0.25) is 4.57 Å². The van der Waals surface area contributed by atoms with Crippen molar-refractivity contribution in [3.8, 4) is 5.69 Å². The molecular weight excluding hydrogens is 378 g/mol. The molecule has 138 valence electrons. The molecule has 0 fully saturated rings. The highest BCUT2D eigenvalue weighted by atomic mass is 35.5. The van der Waals surface area contributed by atoms with Gasteiger partial charge in [-0.05, 0) is 43.3 Å². The van der Waals surface area contributed by atoms with Gasteiger partial charge in [0.25, 0.3) is 0 Å². The van der Waals surface area contributed by atoms with Crippen molar-refractivity contribution in [3.63, 3.8) is 0 Å². The maximum Gasteiger partial charge on any atom is 0.196 e. The monoisotopic (exact) mass is 397 g/mol. The van der Waals surface area contributed by atoms with E-state index in [9.17, 15) is 0 Å². The quantitative estimate of drug-likeness (QED) is 0.438. The standard InChI is InChI=1S/C20H20ClN5S/c1-13(2)27-20-24-23-19(26(20)16-10-8-15(21)9-11-16)12-25-14(3)22-17-6-4-5-7-18(17)25/h4-11,13H,12H2,1-3H3. The van der Waals surface area contributed by atoms with Crippen LogP contribution in [0.4, 0.5) is 0 Å². The van der Waals surface area contributed by atoms with Gasteiger partial charge < -0.3 is 4.57 Å². The predicted octanol–water partition coefficient (Wildman–Crippen LogP) is 5.13. The number of nitrogens with zero attached hydrogens (tertiary/aromatic N) is 5. The molecule has 5 nitrogen and oxygen atoms in total. The van der Waals surface area contributed by atoms with E-state index < -0.39 is 0 Å². The van der Waals surface area contributed by atoms with Crippen LogP contribution in [0.15, 0.2) is 53.7 Å². The fraction of sp³-hybridized carbons (Fsp3) is 0.250. The van der Waals surface area contributed by atoms with Crippen LogP contribution >= 0.6 is 23.4 Å². The number of halogens is 1. The Morgan fingerprint density at radius 2 is 1.78 bits per heavy atom. The number of hydrogen-bond donors (Lipinski definition) is 0. The van der Waals surface area contributed by atoms with Gasteiger partial charge in [-0.1, -0.05) is 49.3 Å². The summed E-state index contributed by atoms with van der Waals surface area (Å²) in [5.41, 5.74) is 3.09. The second kappa shape index (κ2) is 7.37. The van der Waals surface area contributed by atoms with Crippen LogP contribution in [0, 0.1) is 6.92 Å². The smallest absolute Gasteiger partial charge is 0.196 e. The Morgan fingerprint density at radius 1 is 1.04 bits per heavy atom. The molecule has 2 heterocycles. The number of aryl methyl sites for hydroxylation is 1. The third-order valence-electron chi connectivity index (χ3n) is 4.27. The first-order valence-corrected chi connectivity index (χ1v) is 10.1. The Kier molecular flexibility index (Phi) is 4.93. The Morgan fingerprint density at radius 3 is 2.52 bits per heavy atom. The van der Waals surface area contributed by atoms with E-state index in [1.807, 2.05) is 49.4 Å². The van der Waals surface area contributed by atoms with Crippen molar-refractivity contribution in [1.29, 1.82) is 0 Å². The molecule has 0 saturated carbocycles. The highest BCUT2D eigenvalue weighted by Crippen LogP contribution is 2.27. The minimum atomic E-state index is 0.406. The largest absolute Gasteiger partial charge is 0.320 e. The summed E-state index contributed by atoms with van der Waals surface area (Å²) in [7, 11) is 0. The van der Waals surface area contributed by atoms with Crippen LogP contribution in [-0.2, 0) is 6.54 Å². The molecule has 0 radical (unpaired) electrons. The van der Waals surface area contributed by atoms with Crippen molar-refractivity contribution in [2.45, 2.75) is 37.7 Å². The van der Waals surface area contributed by atoms with Crippen LogP contribution in [0.3, 0.4) is 0 Å². The summed E-state index contributed by atoms with van der Waals surface area (Å²) in [6, 6.07) is 15.9. The first-order valence-electron chi connectivity index (χ1n) is 8.81. The molecule has 4 aromatic rings. The van der Waals surface area contributed by atoms with Gasteiger partial charge in [0.1, 0.15) is 5.82 Å². The molecule has 2 aromatic carbocycles. The van der Waals surface area contributed by atoms with E-state index in [2.05, 4.69) is 44.2 Å². The van der Waals surface area contributed by atoms with Gasteiger partial charge in [0.2, 0.25) is 0 Å². The van der Waals surface area contributed by atoms with Gasteiger partial charge in [-0.15, -0.1) is 10.2 Å². The molecule has 0 saturated heterocycles. The summed E-state index contributed by atoms with van der Waals surface area (Å²) in [5.74, 6) is 1.83. The molecule has 0 aliphatic carbocycles. The summed E-state index contributed by atoms with van der Waals surface area (Å²) >= 11 is 7.78. The second-order valence-corrected chi connectivity index (χ2v) is 8.59. The number of aromatic nitrogens is 5. The molecule has 0 aliphatic heterocycles. The average molecular weight is 398 g/mol. The molecule has 0 bridgehead atoms. The average Bonchev–Trinajstić information content (AvgIpc) is 3.17. The number of imidazole rings is 1. The molecule has 0 N–H and O–H groups in total. The molecule has 0 amide bonds. The first kappa shape index (κ1) is 18.1. The second-order valence-electron chi connectivity index (χ2n) is 6.61. The van der Waals surface area contributed by atoms with Gasteiger partial charge in [0, 0.05) is 16.0 Å². The maximum atomic E-state index is 6.08. The number of thioether (sulfide) groups is 1. The van der Waals surface area contributed by atoms with E-state index in [1.54, 1.807) is 11.8 Å². The molecule has 0 atom stereocenters. The normalized spacial score (nSPS) is 11.6. The summed E-state index contributed by atoms with van der Waals surface area (Å²) in [6.45, 7) is 6.92. The molecule has 2 aromatic heterocycles. The van der Waals surface area contributed by atoms with Gasteiger partial charge in [-0.2, -0.15) is 0 Å². The minimum absolute atomic E-state index is 0.406. The Labute approximate surface area is 167 Å². The van der Waals surface area contributed by atoms with Gasteiger partial charge >= 0.3 is 0 Å². The van der Waals surface area contributed by atoms with Crippen molar-refractivity contribution >= 4 is 34.4 Å². The van der Waals surface area contributed by atoms with E-state index in [0.717, 1.165) is 33.5 Å². The van der Waals surface area contributed by atoms with Gasteiger partial charge in [0.15, 0.2) is 11.0 Å². The lowest BCUT2D eigenvalue weighted by atomic mass is 10.3. The zero-order valence-electron chi connectivity index (χ0n) is 15.4. The van der Waals surface area contributed by atoms with Gasteiger partial charge in [0.05, 0.1) is 17.6 Å². The van der Waals surface area contributed by atoms with Crippen LogP contribution in [0.2, 0.25) is 5.02 Å². The minimum Gasteiger partial charge on any atom is -0.320 e. The lowest BCUT2D eigenvalue weighted by Gasteiger charge is -2.13. The molecule has 27 heavy (non-hydrogen) atoms. The van der Waals surface area contributed by atoms with E-state index >= 15 is 0 Å². The van der Waals surface area contributed by atoms with Gasteiger partial charge in [-0.25, -0.2) is 4.98 Å². The number of para-hydroxylation sites is 2. The lowest BCUT2D eigenvalue weighted by molar-refractivity contribution is 0.711.